The van der Waals surface area contributed by atoms with Crippen molar-refractivity contribution in [2.24, 2.45) is 4.99 Å². The fourth-order valence-electron chi connectivity index (χ4n) is 3.49. The zero-order valence-corrected chi connectivity index (χ0v) is 21.7. The van der Waals surface area contributed by atoms with Gasteiger partial charge >= 0.3 is 0 Å². The van der Waals surface area contributed by atoms with Crippen LogP contribution < -0.4 is 20.1 Å². The molecule has 0 amide bonds. The predicted octanol–water partition coefficient (Wildman–Crippen LogP) is 2.91. The van der Waals surface area contributed by atoms with Crippen LogP contribution >= 0.6 is 24.0 Å². The lowest BCUT2D eigenvalue weighted by Gasteiger charge is -2.25. The van der Waals surface area contributed by atoms with Gasteiger partial charge in [-0.25, -0.2) is 14.7 Å². The fourth-order valence-corrected chi connectivity index (χ4v) is 3.49. The molecule has 1 atom stereocenters. The van der Waals surface area contributed by atoms with Crippen LogP contribution in [-0.4, -0.2) is 54.1 Å². The van der Waals surface area contributed by atoms with Gasteiger partial charge in [-0.2, -0.15) is 5.10 Å². The minimum absolute atomic E-state index is 0. The van der Waals surface area contributed by atoms with Gasteiger partial charge in [-0.05, 0) is 37.5 Å². The lowest BCUT2D eigenvalue weighted by Crippen LogP contribution is -2.47. The molecule has 2 heterocycles. The minimum Gasteiger partial charge on any atom is -0.493 e. The minimum atomic E-state index is 0. The molecule has 0 saturated carbocycles. The van der Waals surface area contributed by atoms with E-state index in [0.717, 1.165) is 67.0 Å². The summed E-state index contributed by atoms with van der Waals surface area (Å²) in [5, 5.41) is 11.4. The summed E-state index contributed by atoms with van der Waals surface area (Å²) in [6.07, 6.45) is 2.81. The van der Waals surface area contributed by atoms with Gasteiger partial charge in [0.05, 0.1) is 26.8 Å². The Bertz CT molecular complexity index is 873. The second kappa shape index (κ2) is 13.5. The number of aryl methyl sites for hydroxylation is 1. The molecule has 32 heavy (non-hydrogen) atoms. The van der Waals surface area contributed by atoms with Crippen LogP contribution in [0.15, 0.2) is 23.2 Å². The van der Waals surface area contributed by atoms with E-state index in [0.29, 0.717) is 19.8 Å². The van der Waals surface area contributed by atoms with Gasteiger partial charge < -0.3 is 24.8 Å². The number of aromatic nitrogens is 3. The molecule has 0 spiro atoms. The maximum atomic E-state index is 5.74. The van der Waals surface area contributed by atoms with Crippen LogP contribution in [0, 0.1) is 0 Å². The summed E-state index contributed by atoms with van der Waals surface area (Å²) < 4.78 is 18.3. The van der Waals surface area contributed by atoms with Crippen molar-refractivity contribution in [2.75, 3.05) is 27.4 Å². The van der Waals surface area contributed by atoms with Crippen LogP contribution in [0.3, 0.4) is 0 Å². The summed E-state index contributed by atoms with van der Waals surface area (Å²) in [5.74, 6) is 4.04. The van der Waals surface area contributed by atoms with E-state index in [4.69, 9.17) is 19.2 Å². The molecule has 9 nitrogen and oxygen atoms in total. The van der Waals surface area contributed by atoms with Crippen molar-refractivity contribution in [3.05, 3.63) is 35.4 Å². The molecule has 0 bridgehead atoms. The largest absolute Gasteiger partial charge is 0.493 e. The Labute approximate surface area is 207 Å². The van der Waals surface area contributed by atoms with E-state index >= 15 is 0 Å². The van der Waals surface area contributed by atoms with Crippen LogP contribution in [0.25, 0.3) is 0 Å². The molecule has 10 heteroatoms. The van der Waals surface area contributed by atoms with Gasteiger partial charge in [-0.1, -0.05) is 13.0 Å². The first kappa shape index (κ1) is 26.2. The molecule has 1 aliphatic rings. The second-order valence-corrected chi connectivity index (χ2v) is 7.47. The number of halogens is 1. The lowest BCUT2D eigenvalue weighted by molar-refractivity contribution is 0.177. The van der Waals surface area contributed by atoms with Gasteiger partial charge in [-0.3, -0.25) is 0 Å². The van der Waals surface area contributed by atoms with E-state index < -0.39 is 0 Å². The highest BCUT2D eigenvalue weighted by Crippen LogP contribution is 2.28. The van der Waals surface area contributed by atoms with Crippen molar-refractivity contribution in [3.63, 3.8) is 0 Å². The SMILES string of the molecule is CCCOc1ccc(CN=C(NCC)NC2CCc3nc(COC)nn3C2)cc1OC.I. The van der Waals surface area contributed by atoms with Crippen molar-refractivity contribution in [1.29, 1.82) is 0 Å². The molecule has 1 unspecified atom stereocenters. The second-order valence-electron chi connectivity index (χ2n) is 7.47. The monoisotopic (exact) mass is 558 g/mol. The Hall–Kier alpha value is -2.08. The molecule has 178 valence electrons. The van der Waals surface area contributed by atoms with Gasteiger partial charge in [0.2, 0.25) is 0 Å². The number of nitrogens with one attached hydrogen (secondary N) is 2. The Morgan fingerprint density at radius 2 is 2.09 bits per heavy atom. The zero-order chi connectivity index (χ0) is 22.1. The highest BCUT2D eigenvalue weighted by Gasteiger charge is 2.22. The predicted molar refractivity (Wildman–Crippen MR) is 135 cm³/mol. The van der Waals surface area contributed by atoms with Crippen LogP contribution in [-0.2, 0) is 30.9 Å². The third-order valence-electron chi connectivity index (χ3n) is 4.97. The van der Waals surface area contributed by atoms with E-state index in [-0.39, 0.29) is 30.0 Å². The van der Waals surface area contributed by atoms with Gasteiger partial charge in [-0.15, -0.1) is 24.0 Å². The molecule has 2 aromatic rings. The smallest absolute Gasteiger partial charge is 0.191 e. The number of fused-ring (bicyclic) bond motifs is 1. The van der Waals surface area contributed by atoms with Gasteiger partial charge in [0.1, 0.15) is 12.4 Å². The lowest BCUT2D eigenvalue weighted by atomic mass is 10.1. The van der Waals surface area contributed by atoms with E-state index in [1.165, 1.54) is 0 Å². The summed E-state index contributed by atoms with van der Waals surface area (Å²) in [7, 11) is 3.32. The maximum Gasteiger partial charge on any atom is 0.191 e. The summed E-state index contributed by atoms with van der Waals surface area (Å²) >= 11 is 0. The summed E-state index contributed by atoms with van der Waals surface area (Å²) in [6, 6.07) is 6.20. The normalized spacial score (nSPS) is 15.5. The Morgan fingerprint density at radius 3 is 2.81 bits per heavy atom. The third-order valence-corrected chi connectivity index (χ3v) is 4.97. The summed E-state index contributed by atoms with van der Waals surface area (Å²) in [6.45, 7) is 7.34. The van der Waals surface area contributed by atoms with E-state index in [2.05, 4.69) is 34.6 Å². The van der Waals surface area contributed by atoms with E-state index in [1.54, 1.807) is 14.2 Å². The Kier molecular flexibility index (Phi) is 11.0. The molecular weight excluding hydrogens is 523 g/mol. The molecule has 2 N–H and O–H groups in total. The number of hydrogen-bond acceptors (Lipinski definition) is 6. The number of methoxy groups -OCH3 is 2. The van der Waals surface area contributed by atoms with Gasteiger partial charge in [0.15, 0.2) is 23.3 Å². The first-order valence-electron chi connectivity index (χ1n) is 10.9. The van der Waals surface area contributed by atoms with Crippen LogP contribution in [0.4, 0.5) is 0 Å². The van der Waals surface area contributed by atoms with Crippen molar-refractivity contribution in [3.8, 4) is 11.5 Å². The molecule has 3 rings (SSSR count). The van der Waals surface area contributed by atoms with E-state index in [1.807, 2.05) is 22.9 Å². The number of aliphatic imine (C=N–C) groups is 1. The quantitative estimate of drug-likeness (QED) is 0.263. The first-order chi connectivity index (χ1) is 15.2. The number of ether oxygens (including phenoxy) is 3. The summed E-state index contributed by atoms with van der Waals surface area (Å²) in [4.78, 5) is 9.31. The average Bonchev–Trinajstić information content (AvgIpc) is 3.18. The van der Waals surface area contributed by atoms with E-state index in [9.17, 15) is 0 Å². The average molecular weight is 558 g/mol. The third kappa shape index (κ3) is 7.22. The number of hydrogen-bond donors (Lipinski definition) is 2. The number of guanidine groups is 1. The molecular formula is C22H35IN6O3. The Morgan fingerprint density at radius 1 is 1.25 bits per heavy atom. The molecule has 0 aliphatic carbocycles. The number of benzene rings is 1. The van der Waals surface area contributed by atoms with Crippen molar-refractivity contribution in [2.45, 2.75) is 58.8 Å². The van der Waals surface area contributed by atoms with Crippen LogP contribution in [0.2, 0.25) is 0 Å². The molecule has 1 aromatic carbocycles. The molecule has 1 aromatic heterocycles. The molecule has 0 fully saturated rings. The van der Waals surface area contributed by atoms with Gasteiger partial charge in [0, 0.05) is 26.1 Å². The molecule has 0 saturated heterocycles. The van der Waals surface area contributed by atoms with Crippen LogP contribution in [0.1, 0.15) is 43.9 Å². The van der Waals surface area contributed by atoms with Gasteiger partial charge in [0.25, 0.3) is 0 Å². The highest BCUT2D eigenvalue weighted by atomic mass is 127. The highest BCUT2D eigenvalue weighted by molar-refractivity contribution is 14.0. The number of nitrogens with zero attached hydrogens (tertiary/aromatic N) is 4. The zero-order valence-electron chi connectivity index (χ0n) is 19.4. The summed E-state index contributed by atoms with van der Waals surface area (Å²) in [5.41, 5.74) is 1.06. The standard InChI is InChI=1S/C22H34N6O3.HI/c1-5-11-31-18-9-7-16(12-19(18)30-4)13-24-22(23-6-2)25-17-8-10-21-26-20(15-29-3)27-28(21)14-17;/h7,9,12,17H,5-6,8,10-11,13-15H2,1-4H3,(H2,23,24,25);1H. The molecule has 1 aliphatic heterocycles. The Balaban J connectivity index is 0.00000363. The molecule has 0 radical (unpaired) electrons. The van der Waals surface area contributed by atoms with Crippen molar-refractivity contribution >= 4 is 29.9 Å². The van der Waals surface area contributed by atoms with Crippen molar-refractivity contribution < 1.29 is 14.2 Å². The number of rotatable bonds is 10. The topological polar surface area (TPSA) is 94.8 Å². The van der Waals surface area contributed by atoms with Crippen molar-refractivity contribution in [1.82, 2.24) is 25.4 Å². The maximum absolute atomic E-state index is 5.74. The van der Waals surface area contributed by atoms with Crippen LogP contribution in [0.5, 0.6) is 11.5 Å². The first-order valence-corrected chi connectivity index (χ1v) is 10.9. The fraction of sp³-hybridized carbons (Fsp3) is 0.591.